The van der Waals surface area contributed by atoms with Gasteiger partial charge in [-0.1, -0.05) is 18.2 Å². The Labute approximate surface area is 143 Å². The van der Waals surface area contributed by atoms with E-state index >= 15 is 0 Å². The summed E-state index contributed by atoms with van der Waals surface area (Å²) in [6.45, 7) is 3.42. The maximum Gasteiger partial charge on any atom is 0.219 e. The molecule has 1 aliphatic heterocycles. The maximum atomic E-state index is 11.6. The highest BCUT2D eigenvalue weighted by atomic mass is 16.5. The zero-order valence-electron chi connectivity index (χ0n) is 14.4. The first-order valence-corrected chi connectivity index (χ1v) is 8.51. The number of ether oxygens (including phenoxy) is 1. The van der Waals surface area contributed by atoms with Gasteiger partial charge in [0.2, 0.25) is 5.91 Å². The molecule has 4 nitrogen and oxygen atoms in total. The van der Waals surface area contributed by atoms with Gasteiger partial charge in [0, 0.05) is 31.8 Å². The second-order valence-electron chi connectivity index (χ2n) is 6.43. The van der Waals surface area contributed by atoms with Gasteiger partial charge in [0.05, 0.1) is 12.8 Å². The number of rotatable bonds is 4. The smallest absolute Gasteiger partial charge is 0.219 e. The van der Waals surface area contributed by atoms with Crippen molar-refractivity contribution in [1.82, 2.24) is 9.88 Å². The lowest BCUT2D eigenvalue weighted by molar-refractivity contribution is -0.130. The number of amides is 1. The van der Waals surface area contributed by atoms with Crippen molar-refractivity contribution in [2.75, 3.05) is 20.2 Å². The molecule has 24 heavy (non-hydrogen) atoms. The molecular weight excluding hydrogens is 300 g/mol. The largest absolute Gasteiger partial charge is 0.496 e. The van der Waals surface area contributed by atoms with E-state index in [-0.39, 0.29) is 5.91 Å². The van der Waals surface area contributed by atoms with E-state index < -0.39 is 0 Å². The minimum atomic E-state index is 0.185. The van der Waals surface area contributed by atoms with Crippen LogP contribution < -0.4 is 4.74 Å². The Bertz CT molecular complexity index is 697. The second-order valence-corrected chi connectivity index (χ2v) is 6.43. The number of likely N-dealkylation sites (tertiary alicyclic amines) is 1. The standard InChI is InChI=1S/C20H24N2O2/c1-15(23)22-11-5-6-17(14-22)12-16-9-10-19(21-13-16)18-7-3-4-8-20(18)24-2/h3-4,7-10,13,17H,5-6,11-12,14H2,1-2H3/t17-/m0/s1. The van der Waals surface area contributed by atoms with Gasteiger partial charge in [-0.05, 0) is 48.9 Å². The highest BCUT2D eigenvalue weighted by molar-refractivity contribution is 5.73. The minimum Gasteiger partial charge on any atom is -0.496 e. The number of aromatic nitrogens is 1. The molecule has 1 fully saturated rings. The van der Waals surface area contributed by atoms with Crippen LogP contribution in [0.5, 0.6) is 5.75 Å². The van der Waals surface area contributed by atoms with Gasteiger partial charge >= 0.3 is 0 Å². The number of nitrogens with zero attached hydrogens (tertiary/aromatic N) is 2. The van der Waals surface area contributed by atoms with Crippen LogP contribution in [0.4, 0.5) is 0 Å². The van der Waals surface area contributed by atoms with Crippen LogP contribution in [-0.4, -0.2) is 36.0 Å². The molecule has 0 aliphatic carbocycles. The third-order valence-electron chi connectivity index (χ3n) is 4.70. The van der Waals surface area contributed by atoms with Gasteiger partial charge in [0.15, 0.2) is 0 Å². The van der Waals surface area contributed by atoms with E-state index in [0.29, 0.717) is 5.92 Å². The van der Waals surface area contributed by atoms with Crippen molar-refractivity contribution in [1.29, 1.82) is 0 Å². The fourth-order valence-corrected chi connectivity index (χ4v) is 3.41. The number of carbonyl (C=O) groups excluding carboxylic acids is 1. The molecule has 126 valence electrons. The Morgan fingerprint density at radius 1 is 1.29 bits per heavy atom. The number of para-hydroxylation sites is 1. The molecule has 3 rings (SSSR count). The lowest BCUT2D eigenvalue weighted by Gasteiger charge is -2.32. The molecule has 1 saturated heterocycles. The molecule has 1 aromatic carbocycles. The van der Waals surface area contributed by atoms with E-state index in [0.717, 1.165) is 42.9 Å². The SMILES string of the molecule is COc1ccccc1-c1ccc(C[C@@H]2CCCN(C(C)=O)C2)cn1. The summed E-state index contributed by atoms with van der Waals surface area (Å²) < 4.78 is 5.41. The summed E-state index contributed by atoms with van der Waals surface area (Å²) in [6.07, 6.45) is 5.20. The summed E-state index contributed by atoms with van der Waals surface area (Å²) in [5.41, 5.74) is 3.15. The minimum absolute atomic E-state index is 0.185. The van der Waals surface area contributed by atoms with Gasteiger partial charge in [0.25, 0.3) is 0 Å². The molecule has 1 aliphatic rings. The second kappa shape index (κ2) is 7.47. The van der Waals surface area contributed by atoms with Crippen LogP contribution in [0.3, 0.4) is 0 Å². The van der Waals surface area contributed by atoms with Crippen molar-refractivity contribution in [3.8, 4) is 17.0 Å². The lowest BCUT2D eigenvalue weighted by Crippen LogP contribution is -2.39. The van der Waals surface area contributed by atoms with E-state index in [1.165, 1.54) is 12.0 Å². The molecule has 0 radical (unpaired) electrons. The third-order valence-corrected chi connectivity index (χ3v) is 4.70. The molecule has 4 heteroatoms. The number of carbonyl (C=O) groups is 1. The highest BCUT2D eigenvalue weighted by Crippen LogP contribution is 2.28. The number of hydrogen-bond acceptors (Lipinski definition) is 3. The van der Waals surface area contributed by atoms with Crippen molar-refractivity contribution < 1.29 is 9.53 Å². The fourth-order valence-electron chi connectivity index (χ4n) is 3.41. The summed E-state index contributed by atoms with van der Waals surface area (Å²) >= 11 is 0. The first-order valence-electron chi connectivity index (χ1n) is 8.51. The number of hydrogen-bond donors (Lipinski definition) is 0. The molecule has 1 aromatic heterocycles. The van der Waals surface area contributed by atoms with Crippen LogP contribution in [-0.2, 0) is 11.2 Å². The summed E-state index contributed by atoms with van der Waals surface area (Å²) in [5, 5.41) is 0. The molecule has 0 saturated carbocycles. The quantitative estimate of drug-likeness (QED) is 0.863. The van der Waals surface area contributed by atoms with Crippen molar-refractivity contribution in [3.63, 3.8) is 0 Å². The zero-order chi connectivity index (χ0) is 16.9. The Kier molecular flexibility index (Phi) is 5.14. The van der Waals surface area contributed by atoms with Gasteiger partial charge in [0.1, 0.15) is 5.75 Å². The van der Waals surface area contributed by atoms with Crippen LogP contribution in [0.15, 0.2) is 42.6 Å². The van der Waals surface area contributed by atoms with Crippen LogP contribution in [0.1, 0.15) is 25.3 Å². The topological polar surface area (TPSA) is 42.4 Å². The molecule has 0 spiro atoms. The van der Waals surface area contributed by atoms with Gasteiger partial charge in [-0.2, -0.15) is 0 Å². The Balaban J connectivity index is 1.70. The van der Waals surface area contributed by atoms with Gasteiger partial charge in [-0.25, -0.2) is 0 Å². The van der Waals surface area contributed by atoms with E-state index in [1.807, 2.05) is 35.4 Å². The van der Waals surface area contributed by atoms with E-state index in [4.69, 9.17) is 4.74 Å². The number of piperidine rings is 1. The van der Waals surface area contributed by atoms with E-state index in [2.05, 4.69) is 17.1 Å². The van der Waals surface area contributed by atoms with Gasteiger partial charge in [-0.15, -0.1) is 0 Å². The Hall–Kier alpha value is -2.36. The summed E-state index contributed by atoms with van der Waals surface area (Å²) in [4.78, 5) is 18.1. The number of methoxy groups -OCH3 is 1. The lowest BCUT2D eigenvalue weighted by atomic mass is 9.91. The van der Waals surface area contributed by atoms with Crippen LogP contribution >= 0.6 is 0 Å². The average molecular weight is 324 g/mol. The summed E-state index contributed by atoms with van der Waals surface area (Å²) in [7, 11) is 1.68. The van der Waals surface area contributed by atoms with E-state index in [1.54, 1.807) is 14.0 Å². The molecule has 2 heterocycles. The molecule has 0 bridgehead atoms. The predicted octanol–water partition coefficient (Wildman–Crippen LogP) is 3.56. The molecule has 2 aromatic rings. The Morgan fingerprint density at radius 2 is 2.12 bits per heavy atom. The highest BCUT2D eigenvalue weighted by Gasteiger charge is 2.21. The third kappa shape index (κ3) is 3.75. The zero-order valence-corrected chi connectivity index (χ0v) is 14.4. The molecule has 1 atom stereocenters. The fraction of sp³-hybridized carbons (Fsp3) is 0.400. The van der Waals surface area contributed by atoms with Gasteiger partial charge < -0.3 is 9.64 Å². The average Bonchev–Trinajstić information content (AvgIpc) is 2.62. The predicted molar refractivity (Wildman–Crippen MR) is 94.9 cm³/mol. The van der Waals surface area contributed by atoms with E-state index in [9.17, 15) is 4.79 Å². The first-order chi connectivity index (χ1) is 11.7. The summed E-state index contributed by atoms with van der Waals surface area (Å²) in [5.74, 6) is 1.55. The van der Waals surface area contributed by atoms with Crippen molar-refractivity contribution >= 4 is 5.91 Å². The van der Waals surface area contributed by atoms with Crippen molar-refractivity contribution in [2.45, 2.75) is 26.2 Å². The monoisotopic (exact) mass is 324 g/mol. The van der Waals surface area contributed by atoms with Crippen LogP contribution in [0.25, 0.3) is 11.3 Å². The molecular formula is C20H24N2O2. The van der Waals surface area contributed by atoms with Crippen LogP contribution in [0.2, 0.25) is 0 Å². The van der Waals surface area contributed by atoms with Gasteiger partial charge in [-0.3, -0.25) is 9.78 Å². The molecule has 0 N–H and O–H groups in total. The van der Waals surface area contributed by atoms with Crippen LogP contribution in [0, 0.1) is 5.92 Å². The first kappa shape index (κ1) is 16.5. The van der Waals surface area contributed by atoms with Crippen molar-refractivity contribution in [3.05, 3.63) is 48.2 Å². The van der Waals surface area contributed by atoms with Crippen molar-refractivity contribution in [2.24, 2.45) is 5.92 Å². The molecule has 1 amide bonds. The Morgan fingerprint density at radius 3 is 2.83 bits per heavy atom. The number of benzene rings is 1. The molecule has 0 unspecified atom stereocenters. The number of pyridine rings is 1. The summed E-state index contributed by atoms with van der Waals surface area (Å²) in [6, 6.07) is 12.1. The maximum absolute atomic E-state index is 11.6. The normalized spacial score (nSPS) is 17.6.